The number of aromatic nitrogens is 1. The van der Waals surface area contributed by atoms with Crippen LogP contribution in [0.15, 0.2) is 76.6 Å². The van der Waals surface area contributed by atoms with Gasteiger partial charge in [-0.2, -0.15) is 0 Å². The Labute approximate surface area is 206 Å². The van der Waals surface area contributed by atoms with E-state index in [-0.39, 0.29) is 34.3 Å². The Kier molecular flexibility index (Phi) is 6.27. The van der Waals surface area contributed by atoms with E-state index >= 15 is 0 Å². The summed E-state index contributed by atoms with van der Waals surface area (Å²) in [5.41, 5.74) is 2.20. The third kappa shape index (κ3) is 4.52. The number of benzene rings is 2. The lowest BCUT2D eigenvalue weighted by atomic mass is 9.71. The van der Waals surface area contributed by atoms with Gasteiger partial charge in [-0.1, -0.05) is 42.5 Å². The minimum atomic E-state index is -3.65. The Morgan fingerprint density at radius 2 is 1.77 bits per heavy atom. The van der Waals surface area contributed by atoms with Crippen molar-refractivity contribution in [2.24, 2.45) is 5.41 Å². The van der Waals surface area contributed by atoms with Gasteiger partial charge in [0.25, 0.3) is 0 Å². The van der Waals surface area contributed by atoms with Crippen LogP contribution in [0, 0.1) is 5.41 Å². The van der Waals surface area contributed by atoms with Gasteiger partial charge >= 0.3 is 0 Å². The topological polar surface area (TPSA) is 92.5 Å². The zero-order chi connectivity index (χ0) is 24.6. The molecule has 1 saturated heterocycles. The van der Waals surface area contributed by atoms with Crippen molar-refractivity contribution in [3.05, 3.63) is 72.8 Å². The predicted octanol–water partition coefficient (Wildman–Crippen LogP) is 4.93. The van der Waals surface area contributed by atoms with Gasteiger partial charge in [-0.15, -0.1) is 0 Å². The molecule has 2 fully saturated rings. The van der Waals surface area contributed by atoms with Crippen LogP contribution in [0.3, 0.4) is 0 Å². The molecule has 1 aliphatic heterocycles. The molecule has 8 heteroatoms. The number of hydrogen-bond donors (Lipinski definition) is 1. The van der Waals surface area contributed by atoms with Gasteiger partial charge < -0.3 is 9.32 Å². The number of sulfonamides is 1. The molecule has 35 heavy (non-hydrogen) atoms. The third-order valence-electron chi connectivity index (χ3n) is 7.71. The summed E-state index contributed by atoms with van der Waals surface area (Å²) < 4.78 is 33.9. The van der Waals surface area contributed by atoms with Crippen molar-refractivity contribution in [3.8, 4) is 11.3 Å². The van der Waals surface area contributed by atoms with E-state index < -0.39 is 10.0 Å². The summed E-state index contributed by atoms with van der Waals surface area (Å²) in [5.74, 6) is 0.214. The van der Waals surface area contributed by atoms with Gasteiger partial charge in [0.15, 0.2) is 6.39 Å². The molecular weight excluding hydrogens is 462 g/mol. The number of nitrogens with zero attached hydrogens (tertiary/aromatic N) is 2. The van der Waals surface area contributed by atoms with Crippen molar-refractivity contribution in [1.82, 2.24) is 14.6 Å². The van der Waals surface area contributed by atoms with Crippen molar-refractivity contribution in [1.29, 1.82) is 0 Å². The van der Waals surface area contributed by atoms with Crippen LogP contribution in [0.2, 0.25) is 0 Å². The Bertz CT molecular complexity index is 1270. The van der Waals surface area contributed by atoms with Gasteiger partial charge in [-0.3, -0.25) is 4.79 Å². The molecule has 2 heterocycles. The molecule has 2 aromatic carbocycles. The quantitative estimate of drug-likeness (QED) is 0.526. The van der Waals surface area contributed by atoms with Gasteiger partial charge in [-0.05, 0) is 63.6 Å². The van der Waals surface area contributed by atoms with E-state index in [0.29, 0.717) is 31.4 Å². The van der Waals surface area contributed by atoms with E-state index in [1.165, 1.54) is 12.7 Å². The van der Waals surface area contributed by atoms with Crippen molar-refractivity contribution in [3.63, 3.8) is 0 Å². The van der Waals surface area contributed by atoms with Crippen LogP contribution in [-0.4, -0.2) is 36.3 Å². The molecule has 1 aromatic heterocycles. The Morgan fingerprint density at radius 1 is 1.09 bits per heavy atom. The van der Waals surface area contributed by atoms with Crippen molar-refractivity contribution in [2.75, 3.05) is 0 Å². The molecule has 1 aliphatic carbocycles. The number of nitrogens with one attached hydrogen (secondary N) is 1. The van der Waals surface area contributed by atoms with E-state index in [2.05, 4.69) is 35.7 Å². The lowest BCUT2D eigenvalue weighted by molar-refractivity contribution is -0.140. The smallest absolute Gasteiger partial charge is 0.240 e. The Hall–Kier alpha value is -2.97. The number of likely N-dealkylation sites (tertiary alicyclic amines) is 1. The lowest BCUT2D eigenvalue weighted by Gasteiger charge is -2.36. The predicted molar refractivity (Wildman–Crippen MR) is 133 cm³/mol. The van der Waals surface area contributed by atoms with E-state index in [1.807, 2.05) is 23.1 Å². The monoisotopic (exact) mass is 493 g/mol. The first-order valence-corrected chi connectivity index (χ1v) is 13.7. The largest absolute Gasteiger partial charge is 0.451 e. The maximum Gasteiger partial charge on any atom is 0.240 e. The fourth-order valence-electron chi connectivity index (χ4n) is 5.83. The van der Waals surface area contributed by atoms with Crippen LogP contribution in [-0.2, 0) is 14.8 Å². The molecular formula is C27H31N3O4S. The minimum absolute atomic E-state index is 0.0227. The fraction of sp³-hybridized carbons (Fsp3) is 0.407. The molecule has 1 spiro atoms. The first kappa shape index (κ1) is 23.8. The zero-order valence-electron chi connectivity index (χ0n) is 20.1. The fourth-order valence-corrected chi connectivity index (χ4v) is 7.13. The second-order valence-electron chi connectivity index (χ2n) is 9.93. The van der Waals surface area contributed by atoms with E-state index in [4.69, 9.17) is 4.42 Å². The van der Waals surface area contributed by atoms with Crippen LogP contribution in [0.5, 0.6) is 0 Å². The number of amides is 1. The number of oxazole rings is 1. The molecule has 0 bridgehead atoms. The Morgan fingerprint density at radius 3 is 2.40 bits per heavy atom. The summed E-state index contributed by atoms with van der Waals surface area (Å²) in [7, 11) is -3.65. The average Bonchev–Trinajstić information content (AvgIpc) is 3.48. The van der Waals surface area contributed by atoms with Crippen LogP contribution in [0.4, 0.5) is 0 Å². The number of hydrogen-bond acceptors (Lipinski definition) is 5. The first-order valence-electron chi connectivity index (χ1n) is 12.2. The molecule has 0 radical (unpaired) electrons. The molecule has 2 atom stereocenters. The van der Waals surface area contributed by atoms with Crippen molar-refractivity contribution >= 4 is 15.9 Å². The van der Waals surface area contributed by atoms with Gasteiger partial charge in [-0.25, -0.2) is 18.1 Å². The zero-order valence-corrected chi connectivity index (χ0v) is 20.9. The summed E-state index contributed by atoms with van der Waals surface area (Å²) in [6.45, 7) is 4.22. The van der Waals surface area contributed by atoms with E-state index in [1.54, 1.807) is 24.3 Å². The number of carbonyl (C=O) groups is 1. The van der Waals surface area contributed by atoms with E-state index in [9.17, 15) is 13.2 Å². The summed E-state index contributed by atoms with van der Waals surface area (Å²) in [6, 6.07) is 16.8. The molecule has 5 rings (SSSR count). The van der Waals surface area contributed by atoms with Crippen LogP contribution in [0.1, 0.15) is 57.6 Å². The van der Waals surface area contributed by atoms with Gasteiger partial charge in [0, 0.05) is 17.6 Å². The van der Waals surface area contributed by atoms with E-state index in [0.717, 1.165) is 17.5 Å². The standard InChI is InChI=1S/C27H31N3O4S/c1-19-16-27(26(31)30(19)20(2)21-6-4-3-5-7-21)14-12-23(13-15-27)29-35(32,33)24-10-8-22(9-11-24)25-17-34-18-28-25/h3-11,17-20,23,29H,12-16H2,1-2H3/t19?,20-,23?,27?/m1/s1. The average molecular weight is 494 g/mol. The van der Waals surface area contributed by atoms with Crippen LogP contribution < -0.4 is 4.72 Å². The molecule has 1 N–H and O–H groups in total. The Balaban J connectivity index is 1.23. The van der Waals surface area contributed by atoms with Gasteiger partial charge in [0.05, 0.1) is 16.4 Å². The highest BCUT2D eigenvalue weighted by atomic mass is 32.2. The molecule has 1 amide bonds. The molecule has 3 aromatic rings. The maximum atomic E-state index is 13.6. The molecule has 1 unspecified atom stereocenters. The number of rotatable bonds is 6. The highest BCUT2D eigenvalue weighted by molar-refractivity contribution is 7.89. The summed E-state index contributed by atoms with van der Waals surface area (Å²) in [6.07, 6.45) is 6.40. The summed E-state index contributed by atoms with van der Waals surface area (Å²) in [5, 5.41) is 0. The van der Waals surface area contributed by atoms with Gasteiger partial charge in [0.2, 0.25) is 15.9 Å². The van der Waals surface area contributed by atoms with Crippen LogP contribution >= 0.6 is 0 Å². The van der Waals surface area contributed by atoms with Gasteiger partial charge in [0.1, 0.15) is 12.0 Å². The SMILES string of the molecule is CC1CC2(CCC(NS(=O)(=O)c3ccc(-c4cocn4)cc3)CC2)C(=O)N1[C@H](C)c1ccccc1. The second kappa shape index (κ2) is 9.24. The second-order valence-corrected chi connectivity index (χ2v) is 11.6. The third-order valence-corrected chi connectivity index (χ3v) is 9.24. The summed E-state index contributed by atoms with van der Waals surface area (Å²) in [4.78, 5) is 20.0. The molecule has 184 valence electrons. The lowest BCUT2D eigenvalue weighted by Crippen LogP contribution is -2.44. The molecule has 1 saturated carbocycles. The van der Waals surface area contributed by atoms with Crippen molar-refractivity contribution < 1.29 is 17.6 Å². The molecule has 7 nitrogen and oxygen atoms in total. The van der Waals surface area contributed by atoms with Crippen LogP contribution in [0.25, 0.3) is 11.3 Å². The first-order chi connectivity index (χ1) is 16.8. The molecule has 2 aliphatic rings. The highest BCUT2D eigenvalue weighted by Crippen LogP contribution is 2.49. The van der Waals surface area contributed by atoms with Crippen molar-refractivity contribution in [2.45, 2.75) is 69.0 Å². The summed E-state index contributed by atoms with van der Waals surface area (Å²) >= 11 is 0. The normalized spacial score (nSPS) is 25.8. The number of carbonyl (C=O) groups excluding carboxylic acids is 1. The highest BCUT2D eigenvalue weighted by Gasteiger charge is 2.52. The minimum Gasteiger partial charge on any atom is -0.451 e. The maximum absolute atomic E-state index is 13.6.